The lowest BCUT2D eigenvalue weighted by Crippen LogP contribution is -2.11. The molecule has 7 heteroatoms. The molecular formula is C18H18N2O3S2. The molecule has 1 amide bonds. The topological polar surface area (TPSA) is 93.0 Å². The lowest BCUT2D eigenvalue weighted by Gasteiger charge is -2.08. The van der Waals surface area contributed by atoms with Crippen molar-refractivity contribution in [2.75, 3.05) is 11.5 Å². The summed E-state index contributed by atoms with van der Waals surface area (Å²) in [6, 6.07) is 5.87. The van der Waals surface area contributed by atoms with E-state index in [9.17, 15) is 13.2 Å². The average Bonchev–Trinajstić information content (AvgIpc) is 3.27. The average molecular weight is 374 g/mol. The van der Waals surface area contributed by atoms with E-state index in [2.05, 4.69) is 11.1 Å². The molecule has 1 aliphatic heterocycles. The summed E-state index contributed by atoms with van der Waals surface area (Å²) in [7, 11) is -2.90. The van der Waals surface area contributed by atoms with Crippen molar-refractivity contribution < 1.29 is 13.2 Å². The fourth-order valence-electron chi connectivity index (χ4n) is 3.59. The molecule has 0 aliphatic carbocycles. The van der Waals surface area contributed by atoms with Gasteiger partial charge in [-0.1, -0.05) is 0 Å². The number of fused-ring (bicyclic) bond motifs is 1. The van der Waals surface area contributed by atoms with Crippen LogP contribution < -0.4 is 5.73 Å². The van der Waals surface area contributed by atoms with Crippen LogP contribution in [0.15, 0.2) is 35.2 Å². The predicted molar refractivity (Wildman–Crippen MR) is 101 cm³/mol. The summed E-state index contributed by atoms with van der Waals surface area (Å²) in [4.78, 5) is 15.1. The molecule has 4 rings (SSSR count). The van der Waals surface area contributed by atoms with Gasteiger partial charge in [0.05, 0.1) is 22.6 Å². The van der Waals surface area contributed by atoms with Crippen LogP contribution in [-0.4, -0.2) is 30.8 Å². The summed E-state index contributed by atoms with van der Waals surface area (Å²) < 4.78 is 23.4. The maximum Gasteiger partial charge on any atom is 0.250 e. The number of carbonyl (C=O) groups excluding carboxylic acids is 1. The maximum atomic E-state index is 11.9. The molecule has 3 N–H and O–H groups in total. The number of amides is 1. The van der Waals surface area contributed by atoms with Gasteiger partial charge in [-0.2, -0.15) is 11.3 Å². The lowest BCUT2D eigenvalue weighted by atomic mass is 9.95. The van der Waals surface area contributed by atoms with Crippen molar-refractivity contribution in [2.24, 2.45) is 11.7 Å². The number of aromatic amines is 1. The van der Waals surface area contributed by atoms with Crippen molar-refractivity contribution in [2.45, 2.75) is 12.8 Å². The highest BCUT2D eigenvalue weighted by atomic mass is 32.2. The van der Waals surface area contributed by atoms with E-state index in [1.165, 1.54) is 0 Å². The number of primary amides is 1. The molecule has 0 bridgehead atoms. The van der Waals surface area contributed by atoms with E-state index in [1.54, 1.807) is 11.3 Å². The SMILES string of the molecule is NC(=O)c1cc(-c2ccsc2)cc2c(CC3CCS(=O)(=O)C3)c[nH]c12. The molecule has 1 aliphatic rings. The van der Waals surface area contributed by atoms with E-state index < -0.39 is 15.7 Å². The number of nitrogens with two attached hydrogens (primary N) is 1. The molecule has 0 radical (unpaired) electrons. The van der Waals surface area contributed by atoms with Crippen LogP contribution in [0.25, 0.3) is 22.0 Å². The summed E-state index contributed by atoms with van der Waals surface area (Å²) in [6.07, 6.45) is 3.26. The van der Waals surface area contributed by atoms with Gasteiger partial charge in [0, 0.05) is 11.6 Å². The van der Waals surface area contributed by atoms with Gasteiger partial charge in [0.2, 0.25) is 0 Å². The Balaban J connectivity index is 1.79. The van der Waals surface area contributed by atoms with Crippen LogP contribution in [0.2, 0.25) is 0 Å². The second-order valence-corrected chi connectivity index (χ2v) is 9.62. The van der Waals surface area contributed by atoms with Crippen molar-refractivity contribution in [3.05, 3.63) is 46.3 Å². The van der Waals surface area contributed by atoms with Gasteiger partial charge in [-0.3, -0.25) is 4.79 Å². The number of nitrogens with one attached hydrogen (secondary N) is 1. The van der Waals surface area contributed by atoms with E-state index in [0.29, 0.717) is 18.4 Å². The predicted octanol–water partition coefficient (Wildman–Crippen LogP) is 2.97. The minimum Gasteiger partial charge on any atom is -0.366 e. The van der Waals surface area contributed by atoms with E-state index in [0.717, 1.165) is 27.6 Å². The number of hydrogen-bond donors (Lipinski definition) is 2. The molecule has 1 unspecified atom stereocenters. The van der Waals surface area contributed by atoms with E-state index >= 15 is 0 Å². The molecule has 1 fully saturated rings. The number of rotatable bonds is 4. The van der Waals surface area contributed by atoms with Crippen LogP contribution >= 0.6 is 11.3 Å². The third-order valence-corrected chi connectivity index (χ3v) is 7.35. The van der Waals surface area contributed by atoms with Crippen LogP contribution in [0.4, 0.5) is 0 Å². The van der Waals surface area contributed by atoms with Crippen LogP contribution in [0, 0.1) is 5.92 Å². The number of aromatic nitrogens is 1. The normalized spacial score (nSPS) is 19.4. The number of H-pyrrole nitrogens is 1. The number of sulfone groups is 1. The van der Waals surface area contributed by atoms with Gasteiger partial charge in [-0.15, -0.1) is 0 Å². The van der Waals surface area contributed by atoms with E-state index in [-0.39, 0.29) is 17.4 Å². The van der Waals surface area contributed by atoms with Crippen LogP contribution in [0.3, 0.4) is 0 Å². The van der Waals surface area contributed by atoms with Crippen molar-refractivity contribution in [1.29, 1.82) is 0 Å². The summed E-state index contributed by atoms with van der Waals surface area (Å²) in [5.74, 6) is 0.170. The molecule has 3 heterocycles. The highest BCUT2D eigenvalue weighted by molar-refractivity contribution is 7.91. The fraction of sp³-hybridized carbons (Fsp3) is 0.278. The monoisotopic (exact) mass is 374 g/mol. The van der Waals surface area contributed by atoms with Gasteiger partial charge in [0.1, 0.15) is 0 Å². The fourth-order valence-corrected chi connectivity index (χ4v) is 6.12. The molecule has 5 nitrogen and oxygen atoms in total. The first-order chi connectivity index (χ1) is 11.9. The van der Waals surface area contributed by atoms with Crippen molar-refractivity contribution in [3.63, 3.8) is 0 Å². The summed E-state index contributed by atoms with van der Waals surface area (Å²) >= 11 is 1.60. The quantitative estimate of drug-likeness (QED) is 0.735. The van der Waals surface area contributed by atoms with Crippen molar-refractivity contribution in [1.82, 2.24) is 4.98 Å². The van der Waals surface area contributed by atoms with Crippen molar-refractivity contribution >= 4 is 38.0 Å². The Hall–Kier alpha value is -2.12. The van der Waals surface area contributed by atoms with Crippen LogP contribution in [-0.2, 0) is 16.3 Å². The molecule has 1 atom stereocenters. The molecule has 25 heavy (non-hydrogen) atoms. The molecular weight excluding hydrogens is 356 g/mol. The standard InChI is InChI=1S/C18H18N2O3S2/c19-18(21)16-7-13(12-1-3-24-9-12)6-15-14(8-20-17(15)16)5-11-2-4-25(22,23)10-11/h1,3,6-9,11,20H,2,4-5,10H2,(H2,19,21). The van der Waals surface area contributed by atoms with Gasteiger partial charge in [0.25, 0.3) is 5.91 Å². The van der Waals surface area contributed by atoms with E-state index in [1.807, 2.05) is 29.1 Å². The zero-order valence-corrected chi connectivity index (χ0v) is 15.1. The number of carbonyl (C=O) groups is 1. The number of hydrogen-bond acceptors (Lipinski definition) is 4. The zero-order chi connectivity index (χ0) is 17.6. The van der Waals surface area contributed by atoms with Gasteiger partial charge >= 0.3 is 0 Å². The smallest absolute Gasteiger partial charge is 0.250 e. The largest absolute Gasteiger partial charge is 0.366 e. The Labute approximate surface area is 149 Å². The van der Waals surface area contributed by atoms with Gasteiger partial charge in [0.15, 0.2) is 9.84 Å². The highest BCUT2D eigenvalue weighted by Gasteiger charge is 2.28. The number of benzene rings is 1. The Bertz CT molecular complexity index is 1050. The maximum absolute atomic E-state index is 11.9. The molecule has 2 aromatic heterocycles. The highest BCUT2D eigenvalue weighted by Crippen LogP contribution is 2.33. The Kier molecular flexibility index (Phi) is 3.92. The van der Waals surface area contributed by atoms with Crippen LogP contribution in [0.1, 0.15) is 22.3 Å². The molecule has 130 valence electrons. The van der Waals surface area contributed by atoms with Gasteiger partial charge < -0.3 is 10.7 Å². The minimum absolute atomic E-state index is 0.130. The molecule has 0 saturated carbocycles. The Morgan fingerprint density at radius 1 is 1.32 bits per heavy atom. The minimum atomic E-state index is -2.90. The van der Waals surface area contributed by atoms with Crippen molar-refractivity contribution in [3.8, 4) is 11.1 Å². The van der Waals surface area contributed by atoms with Gasteiger partial charge in [-0.25, -0.2) is 8.42 Å². The Morgan fingerprint density at radius 2 is 2.16 bits per heavy atom. The summed E-state index contributed by atoms with van der Waals surface area (Å²) in [6.45, 7) is 0. The van der Waals surface area contributed by atoms with Crippen LogP contribution in [0.5, 0.6) is 0 Å². The summed E-state index contributed by atoms with van der Waals surface area (Å²) in [5.41, 5.74) is 9.79. The number of thiophene rings is 1. The first-order valence-corrected chi connectivity index (χ1v) is 10.9. The first-order valence-electron chi connectivity index (χ1n) is 8.10. The lowest BCUT2D eigenvalue weighted by molar-refractivity contribution is 0.100. The van der Waals surface area contributed by atoms with E-state index in [4.69, 9.17) is 5.73 Å². The zero-order valence-electron chi connectivity index (χ0n) is 13.5. The first kappa shape index (κ1) is 16.4. The Morgan fingerprint density at radius 3 is 2.80 bits per heavy atom. The summed E-state index contributed by atoms with van der Waals surface area (Å²) in [5, 5.41) is 4.97. The molecule has 1 aromatic carbocycles. The third-order valence-electron chi connectivity index (χ3n) is 4.83. The molecule has 0 spiro atoms. The third kappa shape index (κ3) is 3.09. The molecule has 1 saturated heterocycles. The second-order valence-electron chi connectivity index (χ2n) is 6.61. The molecule has 3 aromatic rings. The second kappa shape index (κ2) is 6.00. The van der Waals surface area contributed by atoms with Gasteiger partial charge in [-0.05, 0) is 64.4 Å².